The van der Waals surface area contributed by atoms with Crippen LogP contribution < -0.4 is 4.74 Å². The number of aliphatic hydroxyl groups excluding tert-OH is 1. The average molecular weight is 448 g/mol. The van der Waals surface area contributed by atoms with Crippen LogP contribution in [0.15, 0.2) is 60.7 Å². The fraction of sp³-hybridized carbons (Fsp3) is 0.346. The van der Waals surface area contributed by atoms with E-state index in [9.17, 15) is 10.0 Å². The number of hydrogen-bond acceptors (Lipinski definition) is 6. The van der Waals surface area contributed by atoms with E-state index < -0.39 is 18.4 Å². The molecule has 1 aliphatic rings. The van der Waals surface area contributed by atoms with Crippen LogP contribution >= 0.6 is 0 Å². The summed E-state index contributed by atoms with van der Waals surface area (Å²) < 4.78 is 5.92. The zero-order chi connectivity index (χ0) is 23.2. The number of amidine groups is 1. The van der Waals surface area contributed by atoms with Crippen molar-refractivity contribution in [3.05, 3.63) is 71.9 Å². The van der Waals surface area contributed by atoms with Gasteiger partial charge in [-0.25, -0.2) is 4.98 Å². The van der Waals surface area contributed by atoms with Crippen LogP contribution in [0, 0.1) is 11.3 Å². The first kappa shape index (κ1) is 22.9. The summed E-state index contributed by atoms with van der Waals surface area (Å²) >= 11 is 0. The highest BCUT2D eigenvalue weighted by Crippen LogP contribution is 2.38. The quantitative estimate of drug-likeness (QED) is 0.211. The molecule has 172 valence electrons. The first-order valence-corrected chi connectivity index (χ1v) is 11.4. The third-order valence-corrected chi connectivity index (χ3v) is 6.30. The van der Waals surface area contributed by atoms with Crippen LogP contribution in [0.2, 0.25) is 0 Å². The molecule has 1 fully saturated rings. The SMILES string of the molecule is N=C(C(c1ccc(OCc2ccc3ccccc3n2)cc1)C1CCCCC1)N(O)C(=O)CO. The van der Waals surface area contributed by atoms with E-state index in [4.69, 9.17) is 15.3 Å². The molecule has 4 rings (SSSR count). The topological polar surface area (TPSA) is 107 Å². The number of rotatable bonds is 7. The summed E-state index contributed by atoms with van der Waals surface area (Å²) in [5, 5.41) is 29.1. The minimum atomic E-state index is -0.899. The van der Waals surface area contributed by atoms with E-state index in [0.29, 0.717) is 12.4 Å². The van der Waals surface area contributed by atoms with Gasteiger partial charge in [-0.1, -0.05) is 55.7 Å². The van der Waals surface area contributed by atoms with E-state index in [0.717, 1.165) is 54.3 Å². The number of para-hydroxylation sites is 1. The Morgan fingerprint density at radius 3 is 2.52 bits per heavy atom. The molecule has 0 bridgehead atoms. The Hall–Kier alpha value is -3.29. The van der Waals surface area contributed by atoms with Crippen LogP contribution in [-0.2, 0) is 11.4 Å². The number of carbonyl (C=O) groups excluding carboxylic acids is 1. The fourth-order valence-electron chi connectivity index (χ4n) is 4.57. The molecule has 1 heterocycles. The summed E-state index contributed by atoms with van der Waals surface area (Å²) in [5.41, 5.74) is 2.60. The maximum absolute atomic E-state index is 11.8. The first-order chi connectivity index (χ1) is 16.1. The maximum atomic E-state index is 11.8. The largest absolute Gasteiger partial charge is 0.487 e. The lowest BCUT2D eigenvalue weighted by Crippen LogP contribution is -2.41. The molecule has 1 saturated carbocycles. The molecule has 1 atom stereocenters. The summed E-state index contributed by atoms with van der Waals surface area (Å²) in [6.45, 7) is -0.507. The van der Waals surface area contributed by atoms with Gasteiger partial charge in [0.15, 0.2) is 0 Å². The number of hydroxylamine groups is 2. The summed E-state index contributed by atoms with van der Waals surface area (Å²) in [7, 11) is 0. The number of aliphatic hydroxyl groups is 1. The van der Waals surface area contributed by atoms with Gasteiger partial charge in [-0.3, -0.25) is 15.4 Å². The van der Waals surface area contributed by atoms with Crippen molar-refractivity contribution >= 4 is 22.6 Å². The van der Waals surface area contributed by atoms with Crippen molar-refractivity contribution in [2.75, 3.05) is 6.61 Å². The van der Waals surface area contributed by atoms with Gasteiger partial charge in [0, 0.05) is 11.3 Å². The maximum Gasteiger partial charge on any atom is 0.277 e. The van der Waals surface area contributed by atoms with E-state index in [2.05, 4.69) is 4.98 Å². The number of carbonyl (C=O) groups is 1. The summed E-state index contributed by atoms with van der Waals surface area (Å²) in [6, 6.07) is 19.4. The molecule has 7 nitrogen and oxygen atoms in total. The molecule has 0 spiro atoms. The van der Waals surface area contributed by atoms with Gasteiger partial charge in [0.2, 0.25) is 0 Å². The second kappa shape index (κ2) is 10.6. The minimum Gasteiger partial charge on any atom is -0.487 e. The average Bonchev–Trinajstić information content (AvgIpc) is 2.88. The van der Waals surface area contributed by atoms with Crippen molar-refractivity contribution in [3.8, 4) is 5.75 Å². The number of aromatic nitrogens is 1. The van der Waals surface area contributed by atoms with Crippen LogP contribution in [-0.4, -0.2) is 38.7 Å². The van der Waals surface area contributed by atoms with Gasteiger partial charge in [0.05, 0.1) is 11.2 Å². The van der Waals surface area contributed by atoms with E-state index in [1.165, 1.54) is 0 Å². The first-order valence-electron chi connectivity index (χ1n) is 11.4. The van der Waals surface area contributed by atoms with Gasteiger partial charge in [0.1, 0.15) is 24.8 Å². The standard InChI is InChI=1S/C26H29N3O4/c27-26(29(32)24(31)16-30)25(19-7-2-1-3-8-19)20-11-14-22(15-12-20)33-17-21-13-10-18-6-4-5-9-23(18)28-21/h4-6,9-15,19,25,27,30,32H,1-3,7-8,16-17H2. The van der Waals surface area contributed by atoms with Gasteiger partial charge < -0.3 is 9.84 Å². The highest BCUT2D eigenvalue weighted by Gasteiger charge is 2.33. The van der Waals surface area contributed by atoms with Crippen LogP contribution in [0.5, 0.6) is 5.75 Å². The molecule has 0 radical (unpaired) electrons. The summed E-state index contributed by atoms with van der Waals surface area (Å²) in [6.07, 6.45) is 5.15. The van der Waals surface area contributed by atoms with E-state index >= 15 is 0 Å². The Balaban J connectivity index is 1.49. The smallest absolute Gasteiger partial charge is 0.277 e. The van der Waals surface area contributed by atoms with Crippen molar-refractivity contribution in [2.24, 2.45) is 5.92 Å². The molecule has 0 aliphatic heterocycles. The molecule has 2 aromatic carbocycles. The number of hydrogen-bond donors (Lipinski definition) is 3. The van der Waals surface area contributed by atoms with Crippen LogP contribution in [0.4, 0.5) is 0 Å². The molecule has 0 saturated heterocycles. The normalized spacial score (nSPS) is 15.2. The molecule has 3 aromatic rings. The van der Waals surface area contributed by atoms with Gasteiger partial charge in [-0.2, -0.15) is 5.06 Å². The van der Waals surface area contributed by atoms with Crippen molar-refractivity contribution in [3.63, 3.8) is 0 Å². The third-order valence-electron chi connectivity index (χ3n) is 6.30. The van der Waals surface area contributed by atoms with Crippen molar-refractivity contribution in [1.82, 2.24) is 10.0 Å². The second-order valence-corrected chi connectivity index (χ2v) is 8.48. The van der Waals surface area contributed by atoms with Gasteiger partial charge >= 0.3 is 0 Å². The molecule has 1 aliphatic carbocycles. The Morgan fingerprint density at radius 1 is 1.06 bits per heavy atom. The van der Waals surface area contributed by atoms with Gasteiger partial charge in [0.25, 0.3) is 5.91 Å². The Labute approximate surface area is 193 Å². The molecule has 1 unspecified atom stereocenters. The highest BCUT2D eigenvalue weighted by molar-refractivity contribution is 5.99. The number of nitrogens with one attached hydrogen (secondary N) is 1. The number of benzene rings is 2. The van der Waals surface area contributed by atoms with E-state index in [1.807, 2.05) is 60.7 Å². The number of fused-ring (bicyclic) bond motifs is 1. The van der Waals surface area contributed by atoms with Crippen LogP contribution in [0.3, 0.4) is 0 Å². The fourth-order valence-corrected chi connectivity index (χ4v) is 4.57. The van der Waals surface area contributed by atoms with Gasteiger partial charge in [-0.15, -0.1) is 0 Å². The van der Waals surface area contributed by atoms with Crippen LogP contribution in [0.1, 0.15) is 49.3 Å². The van der Waals surface area contributed by atoms with Gasteiger partial charge in [-0.05, 0) is 48.6 Å². The lowest BCUT2D eigenvalue weighted by atomic mass is 9.76. The van der Waals surface area contributed by atoms with Crippen molar-refractivity contribution < 1.29 is 19.8 Å². The van der Waals surface area contributed by atoms with Crippen molar-refractivity contribution in [2.45, 2.75) is 44.6 Å². The number of pyridine rings is 1. The number of ether oxygens (including phenoxy) is 1. The summed E-state index contributed by atoms with van der Waals surface area (Å²) in [4.78, 5) is 16.4. The zero-order valence-electron chi connectivity index (χ0n) is 18.5. The molecule has 1 amide bonds. The Kier molecular flexibility index (Phi) is 7.32. The Morgan fingerprint density at radius 2 is 1.79 bits per heavy atom. The molecule has 1 aromatic heterocycles. The minimum absolute atomic E-state index is 0.154. The summed E-state index contributed by atoms with van der Waals surface area (Å²) in [5.74, 6) is -0.698. The molecule has 3 N–H and O–H groups in total. The number of nitrogens with zero attached hydrogens (tertiary/aromatic N) is 2. The third kappa shape index (κ3) is 5.38. The highest BCUT2D eigenvalue weighted by atomic mass is 16.5. The monoisotopic (exact) mass is 447 g/mol. The molecule has 7 heteroatoms. The van der Waals surface area contributed by atoms with E-state index in [-0.39, 0.29) is 16.8 Å². The lowest BCUT2D eigenvalue weighted by Gasteiger charge is -2.33. The second-order valence-electron chi connectivity index (χ2n) is 8.48. The zero-order valence-corrected chi connectivity index (χ0v) is 18.5. The number of amides is 1. The van der Waals surface area contributed by atoms with E-state index in [1.54, 1.807) is 0 Å². The lowest BCUT2D eigenvalue weighted by molar-refractivity contribution is -0.153. The Bertz CT molecular complexity index is 1110. The molecular formula is C26H29N3O4. The molecular weight excluding hydrogens is 418 g/mol. The van der Waals surface area contributed by atoms with Crippen molar-refractivity contribution in [1.29, 1.82) is 5.41 Å². The predicted octanol–water partition coefficient (Wildman–Crippen LogP) is 4.67. The predicted molar refractivity (Wildman–Crippen MR) is 125 cm³/mol. The van der Waals surface area contributed by atoms with Crippen LogP contribution in [0.25, 0.3) is 10.9 Å². The molecule has 33 heavy (non-hydrogen) atoms.